The maximum absolute atomic E-state index is 11.9. The molecular formula is C18H21NO3. The zero-order chi connectivity index (χ0) is 16.1. The van der Waals surface area contributed by atoms with Gasteiger partial charge in [-0.3, -0.25) is 9.59 Å². The lowest BCUT2D eigenvalue weighted by atomic mass is 10.0. The van der Waals surface area contributed by atoms with E-state index in [4.69, 9.17) is 4.74 Å². The molecule has 2 aromatic rings. The summed E-state index contributed by atoms with van der Waals surface area (Å²) in [6.07, 6.45) is 0.770. The van der Waals surface area contributed by atoms with Crippen LogP contribution >= 0.6 is 0 Å². The molecule has 0 aromatic heterocycles. The van der Waals surface area contributed by atoms with Gasteiger partial charge in [-0.2, -0.15) is 0 Å². The molecule has 2 aromatic carbocycles. The number of hydrogen-bond donors (Lipinski definition) is 1. The van der Waals surface area contributed by atoms with Gasteiger partial charge in [0.1, 0.15) is 5.75 Å². The Morgan fingerprint density at radius 2 is 1.91 bits per heavy atom. The third-order valence-corrected chi connectivity index (χ3v) is 3.80. The molecule has 0 saturated carbocycles. The van der Waals surface area contributed by atoms with Crippen LogP contribution in [0.3, 0.4) is 0 Å². The van der Waals surface area contributed by atoms with Gasteiger partial charge < -0.3 is 10.1 Å². The molecule has 22 heavy (non-hydrogen) atoms. The molecule has 0 heterocycles. The van der Waals surface area contributed by atoms with Crippen LogP contribution in [0.1, 0.15) is 31.1 Å². The van der Waals surface area contributed by atoms with Crippen molar-refractivity contribution in [1.82, 2.24) is 5.32 Å². The number of nitrogens with one attached hydrogen (secondary N) is 1. The number of benzene rings is 2. The molecule has 1 atom stereocenters. The van der Waals surface area contributed by atoms with E-state index in [-0.39, 0.29) is 18.6 Å². The van der Waals surface area contributed by atoms with E-state index in [1.807, 2.05) is 51.1 Å². The van der Waals surface area contributed by atoms with E-state index in [2.05, 4.69) is 5.32 Å². The molecule has 2 rings (SSSR count). The fourth-order valence-corrected chi connectivity index (χ4v) is 2.13. The van der Waals surface area contributed by atoms with Crippen molar-refractivity contribution >= 4 is 23.0 Å². The van der Waals surface area contributed by atoms with Gasteiger partial charge in [0.25, 0.3) is 5.91 Å². The fourth-order valence-electron chi connectivity index (χ4n) is 2.13. The number of hydrogen-bond acceptors (Lipinski definition) is 3. The van der Waals surface area contributed by atoms with Crippen LogP contribution in [0.5, 0.6) is 5.75 Å². The molecule has 4 nitrogen and oxygen atoms in total. The minimum absolute atomic E-state index is 0.0817. The first kappa shape index (κ1) is 16.0. The van der Waals surface area contributed by atoms with E-state index in [1.54, 1.807) is 6.07 Å². The normalized spacial score (nSPS) is 12.2. The van der Waals surface area contributed by atoms with Crippen molar-refractivity contribution < 1.29 is 14.3 Å². The predicted molar refractivity (Wildman–Crippen MR) is 87.3 cm³/mol. The van der Waals surface area contributed by atoms with Gasteiger partial charge in [-0.05, 0) is 29.7 Å². The zero-order valence-electron chi connectivity index (χ0n) is 13.1. The molecule has 0 bridgehead atoms. The van der Waals surface area contributed by atoms with Gasteiger partial charge >= 0.3 is 0 Å². The van der Waals surface area contributed by atoms with Gasteiger partial charge in [0.15, 0.2) is 12.9 Å². The first-order valence-electron chi connectivity index (χ1n) is 7.42. The molecule has 0 spiro atoms. The monoisotopic (exact) mass is 299 g/mol. The standard InChI is InChI=1S/C18H21NO3/c1-12(2)13(3)19-18(21)11-22-17-9-8-14-6-4-5-7-15(14)16(17)10-20/h4-10,12-13H,11H2,1-3H3,(H,19,21)/t13-/m0/s1. The summed E-state index contributed by atoms with van der Waals surface area (Å²) in [5, 5.41) is 4.66. The molecule has 116 valence electrons. The quantitative estimate of drug-likeness (QED) is 0.833. The lowest BCUT2D eigenvalue weighted by Crippen LogP contribution is -2.39. The lowest BCUT2D eigenvalue weighted by Gasteiger charge is -2.18. The highest BCUT2D eigenvalue weighted by atomic mass is 16.5. The second-order valence-corrected chi connectivity index (χ2v) is 5.71. The number of amides is 1. The van der Waals surface area contributed by atoms with E-state index >= 15 is 0 Å². The summed E-state index contributed by atoms with van der Waals surface area (Å²) in [7, 11) is 0. The van der Waals surface area contributed by atoms with E-state index in [0.717, 1.165) is 17.1 Å². The molecule has 0 fully saturated rings. The van der Waals surface area contributed by atoms with Crippen LogP contribution < -0.4 is 10.1 Å². The summed E-state index contributed by atoms with van der Waals surface area (Å²) in [5.41, 5.74) is 0.475. The Bertz CT molecular complexity index is 679. The number of ether oxygens (including phenoxy) is 1. The number of aldehydes is 1. The number of rotatable bonds is 6. The van der Waals surface area contributed by atoms with Crippen LogP contribution in [0, 0.1) is 5.92 Å². The van der Waals surface area contributed by atoms with E-state index < -0.39 is 0 Å². The van der Waals surface area contributed by atoms with Crippen molar-refractivity contribution in [2.75, 3.05) is 6.61 Å². The first-order valence-corrected chi connectivity index (χ1v) is 7.42. The second-order valence-electron chi connectivity index (χ2n) is 5.71. The Morgan fingerprint density at radius 3 is 2.59 bits per heavy atom. The Labute approximate surface area is 130 Å². The Balaban J connectivity index is 2.12. The predicted octanol–water partition coefficient (Wildman–Crippen LogP) is 3.19. The van der Waals surface area contributed by atoms with Crippen LogP contribution in [-0.4, -0.2) is 24.8 Å². The summed E-state index contributed by atoms with van der Waals surface area (Å²) >= 11 is 0. The topological polar surface area (TPSA) is 55.4 Å². The smallest absolute Gasteiger partial charge is 0.258 e. The summed E-state index contributed by atoms with van der Waals surface area (Å²) in [5.74, 6) is 0.599. The van der Waals surface area contributed by atoms with Crippen molar-refractivity contribution in [3.8, 4) is 5.75 Å². The van der Waals surface area contributed by atoms with Crippen molar-refractivity contribution in [1.29, 1.82) is 0 Å². The van der Waals surface area contributed by atoms with E-state index in [1.165, 1.54) is 0 Å². The van der Waals surface area contributed by atoms with Crippen LogP contribution in [0.15, 0.2) is 36.4 Å². The third-order valence-electron chi connectivity index (χ3n) is 3.80. The number of carbonyl (C=O) groups excluding carboxylic acids is 2. The average Bonchev–Trinajstić information content (AvgIpc) is 2.52. The van der Waals surface area contributed by atoms with E-state index in [0.29, 0.717) is 17.2 Å². The highest BCUT2D eigenvalue weighted by Gasteiger charge is 2.13. The Kier molecular flexibility index (Phi) is 5.15. The number of carbonyl (C=O) groups is 2. The highest BCUT2D eigenvalue weighted by Crippen LogP contribution is 2.26. The molecule has 1 N–H and O–H groups in total. The van der Waals surface area contributed by atoms with E-state index in [9.17, 15) is 9.59 Å². The molecule has 0 unspecified atom stereocenters. The molecule has 0 aliphatic heterocycles. The maximum Gasteiger partial charge on any atom is 0.258 e. The summed E-state index contributed by atoms with van der Waals surface area (Å²) in [6.45, 7) is 5.94. The number of fused-ring (bicyclic) bond motifs is 1. The van der Waals surface area contributed by atoms with Gasteiger partial charge in [-0.25, -0.2) is 0 Å². The minimum atomic E-state index is -0.189. The van der Waals surface area contributed by atoms with Crippen LogP contribution in [0.4, 0.5) is 0 Å². The molecule has 0 radical (unpaired) electrons. The highest BCUT2D eigenvalue weighted by molar-refractivity contribution is 6.00. The Hall–Kier alpha value is -2.36. The largest absolute Gasteiger partial charge is 0.483 e. The van der Waals surface area contributed by atoms with Gasteiger partial charge in [-0.1, -0.05) is 44.2 Å². The van der Waals surface area contributed by atoms with Gasteiger partial charge in [0.05, 0.1) is 5.56 Å². The molecular weight excluding hydrogens is 278 g/mol. The summed E-state index contributed by atoms with van der Waals surface area (Å²) in [6, 6.07) is 11.3. The SMILES string of the molecule is CC(C)[C@H](C)NC(=O)COc1ccc2ccccc2c1C=O. The third kappa shape index (κ3) is 3.64. The summed E-state index contributed by atoms with van der Waals surface area (Å²) < 4.78 is 5.54. The molecule has 4 heteroatoms. The Morgan fingerprint density at radius 1 is 1.18 bits per heavy atom. The van der Waals surface area contributed by atoms with Crippen molar-refractivity contribution in [3.63, 3.8) is 0 Å². The van der Waals surface area contributed by atoms with Gasteiger partial charge in [-0.15, -0.1) is 0 Å². The average molecular weight is 299 g/mol. The summed E-state index contributed by atoms with van der Waals surface area (Å²) in [4.78, 5) is 23.2. The minimum Gasteiger partial charge on any atom is -0.483 e. The van der Waals surface area contributed by atoms with Crippen LogP contribution in [0.25, 0.3) is 10.8 Å². The molecule has 0 aliphatic rings. The molecule has 1 amide bonds. The van der Waals surface area contributed by atoms with Crippen LogP contribution in [-0.2, 0) is 4.79 Å². The maximum atomic E-state index is 11.9. The second kappa shape index (κ2) is 7.07. The van der Waals surface area contributed by atoms with Crippen molar-refractivity contribution in [3.05, 3.63) is 42.0 Å². The molecule has 0 aliphatic carbocycles. The van der Waals surface area contributed by atoms with Gasteiger partial charge in [0.2, 0.25) is 0 Å². The zero-order valence-corrected chi connectivity index (χ0v) is 13.1. The molecule has 0 saturated heterocycles. The van der Waals surface area contributed by atoms with Crippen molar-refractivity contribution in [2.45, 2.75) is 26.8 Å². The van der Waals surface area contributed by atoms with Gasteiger partial charge in [0, 0.05) is 6.04 Å². The first-order chi connectivity index (χ1) is 10.5. The van der Waals surface area contributed by atoms with Crippen LogP contribution in [0.2, 0.25) is 0 Å². The lowest BCUT2D eigenvalue weighted by molar-refractivity contribution is -0.124. The fraction of sp³-hybridized carbons (Fsp3) is 0.333. The van der Waals surface area contributed by atoms with Crippen molar-refractivity contribution in [2.24, 2.45) is 5.92 Å².